The van der Waals surface area contributed by atoms with Crippen LogP contribution in [0.4, 0.5) is 26.3 Å². The molecule has 3 saturated heterocycles. The van der Waals surface area contributed by atoms with Gasteiger partial charge in [-0.1, -0.05) is 0 Å². The number of alkyl halides is 6. The van der Waals surface area contributed by atoms with Crippen molar-refractivity contribution >= 4 is 23.3 Å². The van der Waals surface area contributed by atoms with Gasteiger partial charge in [-0.3, -0.25) is 9.80 Å². The third-order valence-corrected chi connectivity index (χ3v) is 6.19. The van der Waals surface area contributed by atoms with Crippen molar-refractivity contribution in [3.8, 4) is 0 Å². The first-order chi connectivity index (χ1) is 16.3. The molecule has 0 aromatic carbocycles. The molecular weight excluding hydrogens is 512 g/mol. The highest BCUT2D eigenvalue weighted by molar-refractivity contribution is 7.09. The molecular formula is C19H25F6N3O6S. The fraction of sp³-hybridized carbons (Fsp3) is 0.737. The molecule has 200 valence electrons. The molecule has 3 atom stereocenters. The van der Waals surface area contributed by atoms with Gasteiger partial charge in [-0.05, 0) is 12.8 Å². The number of hydrogen-bond acceptors (Lipinski definition) is 8. The van der Waals surface area contributed by atoms with E-state index in [0.29, 0.717) is 18.2 Å². The van der Waals surface area contributed by atoms with E-state index in [1.54, 1.807) is 11.3 Å². The molecule has 0 spiro atoms. The van der Waals surface area contributed by atoms with E-state index in [-0.39, 0.29) is 0 Å². The molecule has 4 heterocycles. The van der Waals surface area contributed by atoms with E-state index in [2.05, 4.69) is 20.2 Å². The summed E-state index contributed by atoms with van der Waals surface area (Å²) in [4.78, 5) is 27.4. The monoisotopic (exact) mass is 537 g/mol. The Kier molecular flexibility index (Phi) is 10.7. The minimum absolute atomic E-state index is 0.372. The maximum Gasteiger partial charge on any atom is 0.490 e. The summed E-state index contributed by atoms with van der Waals surface area (Å²) in [5, 5.41) is 17.5. The first-order valence-electron chi connectivity index (χ1n) is 10.5. The molecule has 0 amide bonds. The summed E-state index contributed by atoms with van der Waals surface area (Å²) >= 11 is 1.76. The molecule has 3 aliphatic heterocycles. The second-order valence-electron chi connectivity index (χ2n) is 7.72. The number of carboxylic acid groups (broad SMARTS) is 2. The maximum atomic E-state index is 10.6. The van der Waals surface area contributed by atoms with Gasteiger partial charge < -0.3 is 19.7 Å². The summed E-state index contributed by atoms with van der Waals surface area (Å²) in [6.07, 6.45) is -5.44. The predicted octanol–water partition coefficient (Wildman–Crippen LogP) is 2.47. The highest BCUT2D eigenvalue weighted by Crippen LogP contribution is 2.33. The van der Waals surface area contributed by atoms with Gasteiger partial charge in [0, 0.05) is 43.9 Å². The number of likely N-dealkylation sites (tertiary alicyclic amines) is 1. The first-order valence-corrected chi connectivity index (χ1v) is 11.3. The molecule has 0 unspecified atom stereocenters. The first kappa shape index (κ1) is 29.2. The van der Waals surface area contributed by atoms with Gasteiger partial charge in [0.25, 0.3) is 0 Å². The number of carboxylic acids is 2. The number of hydrogen-bond donors (Lipinski definition) is 2. The predicted molar refractivity (Wildman–Crippen MR) is 109 cm³/mol. The van der Waals surface area contributed by atoms with Crippen molar-refractivity contribution in [1.29, 1.82) is 0 Å². The molecule has 16 heteroatoms. The molecule has 9 nitrogen and oxygen atoms in total. The number of aromatic nitrogens is 1. The van der Waals surface area contributed by atoms with Crippen LogP contribution in [0.2, 0.25) is 0 Å². The van der Waals surface area contributed by atoms with Crippen LogP contribution in [0.5, 0.6) is 0 Å². The lowest BCUT2D eigenvalue weighted by atomic mass is 10.00. The van der Waals surface area contributed by atoms with E-state index in [1.165, 1.54) is 17.8 Å². The Morgan fingerprint density at radius 1 is 1.03 bits per heavy atom. The molecule has 2 N–H and O–H groups in total. The molecule has 35 heavy (non-hydrogen) atoms. The number of rotatable bonds is 3. The maximum absolute atomic E-state index is 10.6. The molecule has 0 bridgehead atoms. The number of halogens is 6. The van der Waals surface area contributed by atoms with E-state index in [0.717, 1.165) is 46.0 Å². The summed E-state index contributed by atoms with van der Waals surface area (Å²) in [5.74, 6) is -5.51. The lowest BCUT2D eigenvalue weighted by Crippen LogP contribution is -2.51. The van der Waals surface area contributed by atoms with Gasteiger partial charge in [0.2, 0.25) is 0 Å². The minimum Gasteiger partial charge on any atom is -0.475 e. The van der Waals surface area contributed by atoms with E-state index in [1.807, 2.05) is 6.20 Å². The van der Waals surface area contributed by atoms with Gasteiger partial charge in [-0.15, -0.1) is 11.3 Å². The molecule has 0 aliphatic carbocycles. The Balaban J connectivity index is 0.000000257. The van der Waals surface area contributed by atoms with Crippen LogP contribution >= 0.6 is 11.3 Å². The van der Waals surface area contributed by atoms with Crippen molar-refractivity contribution in [2.45, 2.75) is 49.9 Å². The molecule has 0 saturated carbocycles. The Morgan fingerprint density at radius 2 is 1.60 bits per heavy atom. The minimum atomic E-state index is -5.08. The van der Waals surface area contributed by atoms with Gasteiger partial charge in [0.15, 0.2) is 0 Å². The number of nitrogens with zero attached hydrogens (tertiary/aromatic N) is 3. The average Bonchev–Trinajstić information content (AvgIpc) is 3.43. The SMILES string of the molecule is O=C(O)C(F)(F)F.O=C(O)C(F)(F)F.c1csc(CN2C[C@H](N3CCOCC3)[C@@H]3OCCC[C@@H]32)n1. The number of fused-ring (bicyclic) bond motifs is 1. The topological polar surface area (TPSA) is 112 Å². The van der Waals surface area contributed by atoms with E-state index >= 15 is 0 Å². The summed E-state index contributed by atoms with van der Waals surface area (Å²) in [6.45, 7) is 6.82. The number of aliphatic carboxylic acids is 2. The number of morpholine rings is 1. The van der Waals surface area contributed by atoms with Crippen LogP contribution in [0, 0.1) is 0 Å². The van der Waals surface area contributed by atoms with E-state index < -0.39 is 24.3 Å². The fourth-order valence-corrected chi connectivity index (χ4v) is 4.58. The van der Waals surface area contributed by atoms with Crippen LogP contribution in [0.3, 0.4) is 0 Å². The molecule has 3 aliphatic rings. The molecule has 4 rings (SSSR count). The van der Waals surface area contributed by atoms with Crippen molar-refractivity contribution in [1.82, 2.24) is 14.8 Å². The zero-order valence-corrected chi connectivity index (χ0v) is 19.1. The molecule has 3 fully saturated rings. The second kappa shape index (κ2) is 12.8. The third kappa shape index (κ3) is 9.18. The van der Waals surface area contributed by atoms with Crippen LogP contribution in [0.1, 0.15) is 17.8 Å². The highest BCUT2D eigenvalue weighted by atomic mass is 32.1. The number of thiazole rings is 1. The van der Waals surface area contributed by atoms with Crippen molar-refractivity contribution in [3.63, 3.8) is 0 Å². The van der Waals surface area contributed by atoms with Gasteiger partial charge in [-0.25, -0.2) is 14.6 Å². The van der Waals surface area contributed by atoms with Crippen LogP contribution in [0.25, 0.3) is 0 Å². The third-order valence-electron chi connectivity index (χ3n) is 5.43. The molecule has 0 radical (unpaired) electrons. The lowest BCUT2D eigenvalue weighted by Gasteiger charge is -2.37. The second-order valence-corrected chi connectivity index (χ2v) is 8.70. The van der Waals surface area contributed by atoms with Crippen molar-refractivity contribution < 1.29 is 55.6 Å². The van der Waals surface area contributed by atoms with Crippen molar-refractivity contribution in [2.75, 3.05) is 39.5 Å². The zero-order valence-electron chi connectivity index (χ0n) is 18.3. The van der Waals surface area contributed by atoms with E-state index in [4.69, 9.17) is 29.3 Å². The summed E-state index contributed by atoms with van der Waals surface area (Å²) in [6, 6.07) is 1.09. The van der Waals surface area contributed by atoms with Crippen LogP contribution < -0.4 is 0 Å². The smallest absolute Gasteiger partial charge is 0.475 e. The lowest BCUT2D eigenvalue weighted by molar-refractivity contribution is -0.193. The van der Waals surface area contributed by atoms with Gasteiger partial charge in [0.1, 0.15) is 5.01 Å². The summed E-state index contributed by atoms with van der Waals surface area (Å²) < 4.78 is 75.2. The quantitative estimate of drug-likeness (QED) is 0.562. The van der Waals surface area contributed by atoms with E-state index in [9.17, 15) is 26.3 Å². The molecule has 1 aromatic rings. The average molecular weight is 537 g/mol. The standard InChI is InChI=1S/C15H23N3O2S.2C2HF3O2/c1-2-12-15(20-6-1)13(17-4-7-19-8-5-17)10-18(12)11-14-16-3-9-21-14;2*3-2(4,5)1(6)7/h3,9,12-13,15H,1-2,4-8,10-11H2;2*(H,6,7)/t12-,13-,15+;;/m0../s1. The Hall–Kier alpha value is -2.01. The van der Waals surface area contributed by atoms with Crippen molar-refractivity contribution in [2.24, 2.45) is 0 Å². The fourth-order valence-electron chi connectivity index (χ4n) is 3.94. The number of ether oxygens (including phenoxy) is 2. The Bertz CT molecular complexity index is 780. The van der Waals surface area contributed by atoms with Crippen LogP contribution in [-0.4, -0.2) is 107 Å². The van der Waals surface area contributed by atoms with Gasteiger partial charge in [0.05, 0.1) is 31.9 Å². The summed E-state index contributed by atoms with van der Waals surface area (Å²) in [5.41, 5.74) is 0. The van der Waals surface area contributed by atoms with Crippen LogP contribution in [0.15, 0.2) is 11.6 Å². The van der Waals surface area contributed by atoms with Crippen molar-refractivity contribution in [3.05, 3.63) is 16.6 Å². The molecule has 1 aromatic heterocycles. The van der Waals surface area contributed by atoms with Gasteiger partial charge in [-0.2, -0.15) is 26.3 Å². The largest absolute Gasteiger partial charge is 0.490 e. The van der Waals surface area contributed by atoms with Gasteiger partial charge >= 0.3 is 24.3 Å². The van der Waals surface area contributed by atoms with Crippen LogP contribution in [-0.2, 0) is 25.6 Å². The Morgan fingerprint density at radius 3 is 2.09 bits per heavy atom. The normalized spacial score (nSPS) is 25.5. The zero-order chi connectivity index (χ0) is 26.2. The number of carbonyl (C=O) groups is 2. The highest BCUT2D eigenvalue weighted by Gasteiger charge is 2.46. The Labute approximate surface area is 200 Å². The summed E-state index contributed by atoms with van der Waals surface area (Å²) in [7, 11) is 0.